The smallest absolute Gasteiger partial charge is 0.132 e. The molecule has 1 heterocycles. The molecule has 0 spiro atoms. The van der Waals surface area contributed by atoms with Crippen LogP contribution in [-0.2, 0) is 6.42 Å². The van der Waals surface area contributed by atoms with E-state index in [1.807, 2.05) is 0 Å². The number of hydrogen-bond donors (Lipinski definition) is 0. The van der Waals surface area contributed by atoms with E-state index in [0.717, 1.165) is 17.5 Å². The van der Waals surface area contributed by atoms with Crippen LogP contribution < -0.4 is 0 Å². The van der Waals surface area contributed by atoms with E-state index >= 15 is 0 Å². The lowest BCUT2D eigenvalue weighted by Gasteiger charge is -2.08. The van der Waals surface area contributed by atoms with Crippen molar-refractivity contribution < 1.29 is 0 Å². The summed E-state index contributed by atoms with van der Waals surface area (Å²) in [5.74, 6) is 0.546. The number of nitrogens with zero attached hydrogens (tertiary/aromatic N) is 1. The third kappa shape index (κ3) is 2.05. The Labute approximate surface area is 101 Å². The van der Waals surface area contributed by atoms with Crippen molar-refractivity contribution in [1.29, 1.82) is 0 Å². The summed E-state index contributed by atoms with van der Waals surface area (Å²) >= 11 is 6.09. The molecule has 84 valence electrons. The molecule has 0 fully saturated rings. The molecular weight excluding hydrogens is 218 g/mol. The second-order valence-electron chi connectivity index (χ2n) is 4.40. The molecule has 16 heavy (non-hydrogen) atoms. The molecular formula is C14H16ClN. The maximum atomic E-state index is 6.09. The number of aryl methyl sites for hydroxylation is 1. The SMILES string of the molecule is CCc1cc2cc(C(C)C)ccc2nc1Cl. The molecule has 1 nitrogen and oxygen atoms in total. The van der Waals surface area contributed by atoms with Crippen molar-refractivity contribution in [1.82, 2.24) is 4.98 Å². The lowest BCUT2D eigenvalue weighted by Crippen LogP contribution is -1.91. The van der Waals surface area contributed by atoms with Gasteiger partial charge in [0.15, 0.2) is 0 Å². The van der Waals surface area contributed by atoms with E-state index in [0.29, 0.717) is 11.1 Å². The predicted molar refractivity (Wildman–Crippen MR) is 70.2 cm³/mol. The summed E-state index contributed by atoms with van der Waals surface area (Å²) in [4.78, 5) is 4.41. The molecule has 0 aliphatic carbocycles. The zero-order valence-corrected chi connectivity index (χ0v) is 10.7. The van der Waals surface area contributed by atoms with Crippen molar-refractivity contribution >= 4 is 22.5 Å². The van der Waals surface area contributed by atoms with E-state index < -0.39 is 0 Å². The van der Waals surface area contributed by atoms with Crippen molar-refractivity contribution in [2.75, 3.05) is 0 Å². The average molecular weight is 234 g/mol. The van der Waals surface area contributed by atoms with Gasteiger partial charge in [-0.1, -0.05) is 38.4 Å². The standard InChI is InChI=1S/C14H16ClN/c1-4-10-7-12-8-11(9(2)3)5-6-13(12)16-14(10)15/h5-9H,4H2,1-3H3. The van der Waals surface area contributed by atoms with Gasteiger partial charge in [0.05, 0.1) is 5.52 Å². The summed E-state index contributed by atoms with van der Waals surface area (Å²) in [6, 6.07) is 8.54. The fraction of sp³-hybridized carbons (Fsp3) is 0.357. The predicted octanol–water partition coefficient (Wildman–Crippen LogP) is 4.57. The minimum Gasteiger partial charge on any atom is -0.236 e. The van der Waals surface area contributed by atoms with Gasteiger partial charge in [-0.15, -0.1) is 0 Å². The summed E-state index contributed by atoms with van der Waals surface area (Å²) < 4.78 is 0. The Morgan fingerprint density at radius 2 is 2.00 bits per heavy atom. The van der Waals surface area contributed by atoms with E-state index in [9.17, 15) is 0 Å². The van der Waals surface area contributed by atoms with Crippen LogP contribution in [0.2, 0.25) is 5.15 Å². The summed E-state index contributed by atoms with van der Waals surface area (Å²) in [6.07, 6.45) is 0.924. The molecule has 1 aromatic carbocycles. The number of benzene rings is 1. The van der Waals surface area contributed by atoms with E-state index in [4.69, 9.17) is 11.6 Å². The number of pyridine rings is 1. The summed E-state index contributed by atoms with van der Waals surface area (Å²) in [5, 5.41) is 1.82. The average Bonchev–Trinajstić information content (AvgIpc) is 2.27. The molecule has 0 atom stereocenters. The summed E-state index contributed by atoms with van der Waals surface area (Å²) in [7, 11) is 0. The van der Waals surface area contributed by atoms with Gasteiger partial charge in [-0.05, 0) is 41.7 Å². The molecule has 0 aliphatic rings. The van der Waals surface area contributed by atoms with Crippen LogP contribution in [0.15, 0.2) is 24.3 Å². The first-order chi connectivity index (χ1) is 7.61. The van der Waals surface area contributed by atoms with Crippen LogP contribution in [0.3, 0.4) is 0 Å². The van der Waals surface area contributed by atoms with Crippen LogP contribution >= 0.6 is 11.6 Å². The van der Waals surface area contributed by atoms with Crippen molar-refractivity contribution in [3.05, 3.63) is 40.5 Å². The van der Waals surface area contributed by atoms with E-state index in [-0.39, 0.29) is 0 Å². The minimum atomic E-state index is 0.546. The molecule has 2 rings (SSSR count). The maximum absolute atomic E-state index is 6.09. The first-order valence-corrected chi connectivity index (χ1v) is 6.08. The number of aromatic nitrogens is 1. The van der Waals surface area contributed by atoms with Gasteiger partial charge in [0.2, 0.25) is 0 Å². The first-order valence-electron chi connectivity index (χ1n) is 5.71. The zero-order valence-electron chi connectivity index (χ0n) is 9.92. The van der Waals surface area contributed by atoms with Gasteiger partial charge >= 0.3 is 0 Å². The molecule has 0 saturated heterocycles. The minimum absolute atomic E-state index is 0.546. The van der Waals surface area contributed by atoms with Gasteiger partial charge in [-0.3, -0.25) is 0 Å². The van der Waals surface area contributed by atoms with Crippen LogP contribution in [0.4, 0.5) is 0 Å². The second-order valence-corrected chi connectivity index (χ2v) is 4.76. The quantitative estimate of drug-likeness (QED) is 0.693. The summed E-state index contributed by atoms with van der Waals surface area (Å²) in [5.41, 5.74) is 3.44. The third-order valence-corrected chi connectivity index (χ3v) is 3.24. The number of rotatable bonds is 2. The van der Waals surface area contributed by atoms with Crippen molar-refractivity contribution in [3.63, 3.8) is 0 Å². The molecule has 0 unspecified atom stereocenters. The van der Waals surface area contributed by atoms with Gasteiger partial charge in [0, 0.05) is 5.39 Å². The zero-order chi connectivity index (χ0) is 11.7. The Hall–Kier alpha value is -1.08. The largest absolute Gasteiger partial charge is 0.236 e. The number of halogens is 1. The maximum Gasteiger partial charge on any atom is 0.132 e. The number of fused-ring (bicyclic) bond motifs is 1. The van der Waals surface area contributed by atoms with Crippen LogP contribution in [0, 0.1) is 0 Å². The van der Waals surface area contributed by atoms with Gasteiger partial charge in [-0.25, -0.2) is 4.98 Å². The van der Waals surface area contributed by atoms with Crippen molar-refractivity contribution in [2.45, 2.75) is 33.1 Å². The van der Waals surface area contributed by atoms with Gasteiger partial charge in [0.1, 0.15) is 5.15 Å². The lowest BCUT2D eigenvalue weighted by molar-refractivity contribution is 0.868. The summed E-state index contributed by atoms with van der Waals surface area (Å²) in [6.45, 7) is 6.50. The van der Waals surface area contributed by atoms with Gasteiger partial charge < -0.3 is 0 Å². The van der Waals surface area contributed by atoms with Crippen LogP contribution in [0.25, 0.3) is 10.9 Å². The van der Waals surface area contributed by atoms with Gasteiger partial charge in [-0.2, -0.15) is 0 Å². The highest BCUT2D eigenvalue weighted by atomic mass is 35.5. The molecule has 0 amide bonds. The van der Waals surface area contributed by atoms with Crippen LogP contribution in [0.5, 0.6) is 0 Å². The Balaban J connectivity index is 2.63. The molecule has 1 aromatic heterocycles. The highest BCUT2D eigenvalue weighted by Crippen LogP contribution is 2.24. The Morgan fingerprint density at radius 1 is 1.25 bits per heavy atom. The lowest BCUT2D eigenvalue weighted by atomic mass is 10.0. The molecule has 0 N–H and O–H groups in total. The molecule has 0 bridgehead atoms. The highest BCUT2D eigenvalue weighted by molar-refractivity contribution is 6.30. The second kappa shape index (κ2) is 4.42. The molecule has 0 saturated carbocycles. The Bertz CT molecular complexity index is 517. The molecule has 0 radical (unpaired) electrons. The fourth-order valence-electron chi connectivity index (χ4n) is 1.82. The van der Waals surface area contributed by atoms with Gasteiger partial charge in [0.25, 0.3) is 0 Å². The van der Waals surface area contributed by atoms with Crippen molar-refractivity contribution in [2.24, 2.45) is 0 Å². The highest BCUT2D eigenvalue weighted by Gasteiger charge is 2.05. The monoisotopic (exact) mass is 233 g/mol. The third-order valence-electron chi connectivity index (χ3n) is 2.91. The van der Waals surface area contributed by atoms with E-state index in [1.165, 1.54) is 10.9 Å². The van der Waals surface area contributed by atoms with Crippen molar-refractivity contribution in [3.8, 4) is 0 Å². The van der Waals surface area contributed by atoms with E-state index in [1.54, 1.807) is 0 Å². The first kappa shape index (κ1) is 11.4. The molecule has 2 aromatic rings. The number of hydrogen-bond acceptors (Lipinski definition) is 1. The fourth-order valence-corrected chi connectivity index (χ4v) is 2.10. The topological polar surface area (TPSA) is 12.9 Å². The van der Waals surface area contributed by atoms with E-state index in [2.05, 4.69) is 50.0 Å². The Kier molecular flexibility index (Phi) is 3.15. The normalized spacial score (nSPS) is 11.3. The Morgan fingerprint density at radius 3 is 2.62 bits per heavy atom. The molecule has 0 aliphatic heterocycles. The molecule has 2 heteroatoms. The van der Waals surface area contributed by atoms with Crippen LogP contribution in [0.1, 0.15) is 37.8 Å². The van der Waals surface area contributed by atoms with Crippen LogP contribution in [-0.4, -0.2) is 4.98 Å².